The molecule has 0 atom stereocenters. The minimum Gasteiger partial charge on any atom is -0.378 e. The molecule has 4 heterocycles. The van der Waals surface area contributed by atoms with Gasteiger partial charge < -0.3 is 14.5 Å². The largest absolute Gasteiger partial charge is 0.378 e. The summed E-state index contributed by atoms with van der Waals surface area (Å²) >= 11 is 0. The van der Waals surface area contributed by atoms with Crippen LogP contribution in [0.5, 0.6) is 0 Å². The zero-order valence-electron chi connectivity index (χ0n) is 15.8. The van der Waals surface area contributed by atoms with Crippen LogP contribution in [0.3, 0.4) is 0 Å². The lowest BCUT2D eigenvalue weighted by molar-refractivity contribution is -0.131. The van der Waals surface area contributed by atoms with E-state index in [2.05, 4.69) is 17.2 Å². The van der Waals surface area contributed by atoms with E-state index in [1.54, 1.807) is 10.7 Å². The molecule has 0 aromatic carbocycles. The van der Waals surface area contributed by atoms with Gasteiger partial charge in [0.05, 0.1) is 30.5 Å². The lowest BCUT2D eigenvalue weighted by Crippen LogP contribution is -2.40. The summed E-state index contributed by atoms with van der Waals surface area (Å²) in [6.45, 7) is 5.95. The van der Waals surface area contributed by atoms with Crippen molar-refractivity contribution in [3.63, 3.8) is 0 Å². The second kappa shape index (κ2) is 7.68. The van der Waals surface area contributed by atoms with E-state index in [4.69, 9.17) is 4.74 Å². The normalized spacial score (nSPS) is 18.9. The topological polar surface area (TPSA) is 67.2 Å². The second-order valence-corrected chi connectivity index (χ2v) is 7.26. The quantitative estimate of drug-likeness (QED) is 0.828. The highest BCUT2D eigenvalue weighted by Crippen LogP contribution is 2.29. The van der Waals surface area contributed by atoms with Gasteiger partial charge in [-0.15, -0.1) is 0 Å². The molecule has 2 aliphatic heterocycles. The van der Waals surface area contributed by atoms with Gasteiger partial charge in [-0.2, -0.15) is 5.10 Å². The van der Waals surface area contributed by atoms with Crippen LogP contribution in [-0.4, -0.2) is 70.6 Å². The van der Waals surface area contributed by atoms with Gasteiger partial charge in [-0.3, -0.25) is 9.59 Å². The first-order chi connectivity index (χ1) is 13.2. The van der Waals surface area contributed by atoms with Crippen LogP contribution in [0.4, 0.5) is 0 Å². The molecule has 0 aliphatic carbocycles. The molecule has 4 rings (SSSR count). The molecule has 144 valence electrons. The van der Waals surface area contributed by atoms with Crippen LogP contribution in [0, 0.1) is 0 Å². The molecule has 27 heavy (non-hydrogen) atoms. The van der Waals surface area contributed by atoms with Gasteiger partial charge in [0.15, 0.2) is 0 Å². The molecule has 2 amide bonds. The first-order valence-corrected chi connectivity index (χ1v) is 9.79. The summed E-state index contributed by atoms with van der Waals surface area (Å²) in [5.74, 6) is 0.670. The lowest BCUT2D eigenvalue weighted by atomic mass is 9.89. The summed E-state index contributed by atoms with van der Waals surface area (Å²) in [4.78, 5) is 28.6. The Balaban J connectivity index is 1.54. The first-order valence-electron chi connectivity index (χ1n) is 9.79. The lowest BCUT2D eigenvalue weighted by Gasteiger charge is -2.32. The highest BCUT2D eigenvalue weighted by molar-refractivity contribution is 6.00. The monoisotopic (exact) mass is 370 g/mol. The number of nitrogens with zero attached hydrogens (tertiary/aromatic N) is 4. The van der Waals surface area contributed by atoms with Crippen LogP contribution in [0.2, 0.25) is 0 Å². The van der Waals surface area contributed by atoms with E-state index in [1.807, 2.05) is 22.9 Å². The van der Waals surface area contributed by atoms with Crippen LogP contribution < -0.4 is 0 Å². The van der Waals surface area contributed by atoms with Crippen molar-refractivity contribution in [2.24, 2.45) is 0 Å². The van der Waals surface area contributed by atoms with Crippen molar-refractivity contribution in [1.29, 1.82) is 0 Å². The average molecular weight is 370 g/mol. The van der Waals surface area contributed by atoms with E-state index in [1.165, 1.54) is 5.56 Å². The Kier molecular flexibility index (Phi) is 5.11. The minimum atomic E-state index is 0.0220. The first kappa shape index (κ1) is 18.0. The van der Waals surface area contributed by atoms with Crippen LogP contribution >= 0.6 is 0 Å². The van der Waals surface area contributed by atoms with Crippen LogP contribution in [-0.2, 0) is 9.53 Å². The number of hydrogen-bond acceptors (Lipinski definition) is 4. The summed E-state index contributed by atoms with van der Waals surface area (Å²) < 4.78 is 7.11. The van der Waals surface area contributed by atoms with E-state index in [0.29, 0.717) is 44.2 Å². The van der Waals surface area contributed by atoms with Crippen molar-refractivity contribution in [3.05, 3.63) is 35.7 Å². The van der Waals surface area contributed by atoms with Crippen LogP contribution in [0.25, 0.3) is 5.52 Å². The number of ether oxygens (including phenoxy) is 1. The van der Waals surface area contributed by atoms with E-state index >= 15 is 0 Å². The number of piperidine rings is 1. The summed E-state index contributed by atoms with van der Waals surface area (Å²) in [6, 6.07) is 4.19. The maximum atomic E-state index is 12.9. The second-order valence-electron chi connectivity index (χ2n) is 7.26. The Hall–Kier alpha value is -2.41. The van der Waals surface area contributed by atoms with Gasteiger partial charge >= 0.3 is 0 Å². The molecule has 2 fully saturated rings. The van der Waals surface area contributed by atoms with E-state index in [9.17, 15) is 9.59 Å². The van der Waals surface area contributed by atoms with Crippen LogP contribution in [0.15, 0.2) is 24.5 Å². The molecular weight excluding hydrogens is 344 g/mol. The molecule has 0 radical (unpaired) electrons. The number of likely N-dealkylation sites (tertiary alicyclic amines) is 1. The van der Waals surface area contributed by atoms with Crippen molar-refractivity contribution in [2.45, 2.75) is 32.1 Å². The zero-order chi connectivity index (χ0) is 18.8. The van der Waals surface area contributed by atoms with E-state index in [0.717, 1.165) is 31.4 Å². The van der Waals surface area contributed by atoms with E-state index < -0.39 is 0 Å². The zero-order valence-corrected chi connectivity index (χ0v) is 15.8. The third-order valence-corrected chi connectivity index (χ3v) is 5.70. The molecule has 7 heteroatoms. The van der Waals surface area contributed by atoms with E-state index in [-0.39, 0.29) is 11.8 Å². The fraction of sp³-hybridized carbons (Fsp3) is 0.550. The standard InChI is InChI=1S/C20H26N4O3/c1-2-19(25)22-6-3-15(4-7-22)16-5-8-24-18(13-16)17(14-21-24)20(26)23-9-11-27-12-10-23/h5,8,13-15H,2-4,6-7,9-12H2,1H3. The smallest absolute Gasteiger partial charge is 0.257 e. The Bertz CT molecular complexity index is 833. The summed E-state index contributed by atoms with van der Waals surface area (Å²) in [5, 5.41) is 4.35. The van der Waals surface area contributed by atoms with Gasteiger partial charge in [-0.05, 0) is 36.5 Å². The predicted molar refractivity (Wildman–Crippen MR) is 101 cm³/mol. The molecule has 2 saturated heterocycles. The fourth-order valence-electron chi connectivity index (χ4n) is 4.04. The summed E-state index contributed by atoms with van der Waals surface area (Å²) in [7, 11) is 0. The maximum Gasteiger partial charge on any atom is 0.257 e. The van der Waals surface area contributed by atoms with Gasteiger partial charge in [0.25, 0.3) is 5.91 Å². The van der Waals surface area contributed by atoms with Gasteiger partial charge in [-0.1, -0.05) is 6.92 Å². The fourth-order valence-corrected chi connectivity index (χ4v) is 4.04. The molecule has 0 bridgehead atoms. The predicted octanol–water partition coefficient (Wildman–Crippen LogP) is 1.92. The number of fused-ring (bicyclic) bond motifs is 1. The molecular formula is C20H26N4O3. The molecule has 2 aliphatic rings. The van der Waals surface area contributed by atoms with Crippen molar-refractivity contribution < 1.29 is 14.3 Å². The number of amides is 2. The van der Waals surface area contributed by atoms with Gasteiger partial charge in [0.1, 0.15) is 0 Å². The number of rotatable bonds is 3. The molecule has 7 nitrogen and oxygen atoms in total. The Morgan fingerprint density at radius 2 is 1.89 bits per heavy atom. The Labute approximate surface area is 158 Å². The SMILES string of the molecule is CCC(=O)N1CCC(c2ccn3ncc(C(=O)N4CCOCC4)c3c2)CC1. The highest BCUT2D eigenvalue weighted by Gasteiger charge is 2.25. The molecule has 0 unspecified atom stereocenters. The van der Waals surface area contributed by atoms with Crippen molar-refractivity contribution >= 4 is 17.3 Å². The number of morpholine rings is 1. The third kappa shape index (κ3) is 3.56. The van der Waals surface area contributed by atoms with Gasteiger partial charge in [-0.25, -0.2) is 4.52 Å². The van der Waals surface area contributed by atoms with Gasteiger partial charge in [0.2, 0.25) is 5.91 Å². The third-order valence-electron chi connectivity index (χ3n) is 5.70. The summed E-state index contributed by atoms with van der Waals surface area (Å²) in [6.07, 6.45) is 6.09. The number of pyridine rings is 1. The number of carbonyl (C=O) groups is 2. The average Bonchev–Trinajstić information content (AvgIpc) is 3.16. The molecule has 0 spiro atoms. The molecule has 0 N–H and O–H groups in total. The molecule has 2 aromatic heterocycles. The Morgan fingerprint density at radius 3 is 2.59 bits per heavy atom. The van der Waals surface area contributed by atoms with Gasteiger partial charge in [0, 0.05) is 38.8 Å². The number of carbonyl (C=O) groups excluding carboxylic acids is 2. The Morgan fingerprint density at radius 1 is 1.15 bits per heavy atom. The van der Waals surface area contributed by atoms with Crippen molar-refractivity contribution in [3.8, 4) is 0 Å². The highest BCUT2D eigenvalue weighted by atomic mass is 16.5. The molecule has 0 saturated carbocycles. The number of hydrogen-bond donors (Lipinski definition) is 0. The summed E-state index contributed by atoms with van der Waals surface area (Å²) in [5.41, 5.74) is 2.73. The van der Waals surface area contributed by atoms with Crippen molar-refractivity contribution in [1.82, 2.24) is 19.4 Å². The maximum absolute atomic E-state index is 12.9. The van der Waals surface area contributed by atoms with Crippen molar-refractivity contribution in [2.75, 3.05) is 39.4 Å². The van der Waals surface area contributed by atoms with Crippen LogP contribution in [0.1, 0.15) is 48.0 Å². The molecule has 2 aromatic rings. The number of aromatic nitrogens is 2. The minimum absolute atomic E-state index is 0.0220.